The lowest BCUT2D eigenvalue weighted by Gasteiger charge is -2.07. The number of carboxylic acid groups (broad SMARTS) is 1. The fraction of sp³-hybridized carbons (Fsp3) is 0.692. The first-order valence-corrected chi connectivity index (χ1v) is 6.02. The van der Waals surface area contributed by atoms with Crippen molar-refractivity contribution in [3.05, 3.63) is 11.1 Å². The van der Waals surface area contributed by atoms with Crippen LogP contribution in [0.3, 0.4) is 0 Å². The SMILES string of the molecule is CCCCCC(CCCC)=C(C#N)C(=O)O. The van der Waals surface area contributed by atoms with Crippen LogP contribution in [-0.4, -0.2) is 11.1 Å². The van der Waals surface area contributed by atoms with Crippen molar-refractivity contribution in [3.8, 4) is 6.07 Å². The average Bonchev–Trinajstić information content (AvgIpc) is 2.25. The van der Waals surface area contributed by atoms with Gasteiger partial charge < -0.3 is 5.11 Å². The van der Waals surface area contributed by atoms with Gasteiger partial charge in [0.25, 0.3) is 0 Å². The summed E-state index contributed by atoms with van der Waals surface area (Å²) in [6.07, 6.45) is 6.66. The normalized spacial score (nSPS) is 11.8. The molecule has 0 heterocycles. The summed E-state index contributed by atoms with van der Waals surface area (Å²) in [4.78, 5) is 10.9. The van der Waals surface area contributed by atoms with Gasteiger partial charge >= 0.3 is 5.97 Å². The molecule has 0 aromatic carbocycles. The zero-order valence-corrected chi connectivity index (χ0v) is 10.3. The Balaban J connectivity index is 4.62. The molecule has 90 valence electrons. The van der Waals surface area contributed by atoms with Gasteiger partial charge in [0, 0.05) is 0 Å². The van der Waals surface area contributed by atoms with Crippen molar-refractivity contribution in [2.45, 2.75) is 58.8 Å². The van der Waals surface area contributed by atoms with Gasteiger partial charge in [-0.1, -0.05) is 33.1 Å². The molecular formula is C13H21NO2. The van der Waals surface area contributed by atoms with Crippen LogP contribution in [0.5, 0.6) is 0 Å². The molecule has 0 bridgehead atoms. The summed E-state index contributed by atoms with van der Waals surface area (Å²) in [6, 6.07) is 1.82. The van der Waals surface area contributed by atoms with Crippen molar-refractivity contribution >= 4 is 5.97 Å². The largest absolute Gasteiger partial charge is 0.477 e. The molecule has 0 aliphatic carbocycles. The molecule has 0 saturated carbocycles. The van der Waals surface area contributed by atoms with Gasteiger partial charge in [-0.2, -0.15) is 5.26 Å². The molecule has 0 spiro atoms. The van der Waals surface area contributed by atoms with Crippen molar-refractivity contribution in [3.63, 3.8) is 0 Å². The van der Waals surface area contributed by atoms with Gasteiger partial charge in [0.1, 0.15) is 11.6 Å². The summed E-state index contributed by atoms with van der Waals surface area (Å²) in [5.74, 6) is -1.08. The van der Waals surface area contributed by atoms with Crippen LogP contribution in [0.4, 0.5) is 0 Å². The van der Waals surface area contributed by atoms with E-state index in [1.54, 1.807) is 0 Å². The quantitative estimate of drug-likeness (QED) is 0.388. The molecule has 0 amide bonds. The number of nitriles is 1. The molecule has 16 heavy (non-hydrogen) atoms. The van der Waals surface area contributed by atoms with Crippen LogP contribution >= 0.6 is 0 Å². The smallest absolute Gasteiger partial charge is 0.346 e. The third-order valence-corrected chi connectivity index (χ3v) is 2.59. The minimum Gasteiger partial charge on any atom is -0.477 e. The second kappa shape index (κ2) is 8.96. The zero-order valence-electron chi connectivity index (χ0n) is 10.3. The van der Waals surface area contributed by atoms with Crippen LogP contribution in [0, 0.1) is 11.3 Å². The van der Waals surface area contributed by atoms with Gasteiger partial charge in [-0.05, 0) is 31.3 Å². The van der Waals surface area contributed by atoms with Crippen molar-refractivity contribution in [2.75, 3.05) is 0 Å². The minimum absolute atomic E-state index is 0.0375. The van der Waals surface area contributed by atoms with Crippen LogP contribution in [-0.2, 0) is 4.79 Å². The number of unbranched alkanes of at least 4 members (excludes halogenated alkanes) is 3. The first kappa shape index (κ1) is 14.7. The van der Waals surface area contributed by atoms with E-state index in [-0.39, 0.29) is 5.57 Å². The van der Waals surface area contributed by atoms with Gasteiger partial charge in [0.05, 0.1) is 0 Å². The van der Waals surface area contributed by atoms with Gasteiger partial charge in [-0.25, -0.2) is 4.79 Å². The Morgan fingerprint density at radius 3 is 2.12 bits per heavy atom. The lowest BCUT2D eigenvalue weighted by atomic mass is 9.97. The lowest BCUT2D eigenvalue weighted by molar-refractivity contribution is -0.132. The molecule has 1 N–H and O–H groups in total. The standard InChI is InChI=1S/C13H21NO2/c1-3-5-7-9-11(8-6-4-2)12(10-14)13(15)16/h3-9H2,1-2H3,(H,15,16). The molecule has 0 aliphatic heterocycles. The van der Waals surface area contributed by atoms with E-state index in [9.17, 15) is 4.79 Å². The van der Waals surface area contributed by atoms with E-state index in [0.29, 0.717) is 0 Å². The summed E-state index contributed by atoms with van der Waals surface area (Å²) in [5, 5.41) is 17.8. The maximum absolute atomic E-state index is 10.9. The minimum atomic E-state index is -1.08. The van der Waals surface area contributed by atoms with E-state index >= 15 is 0 Å². The van der Waals surface area contributed by atoms with E-state index in [1.807, 2.05) is 6.07 Å². The van der Waals surface area contributed by atoms with E-state index in [1.165, 1.54) is 0 Å². The van der Waals surface area contributed by atoms with Gasteiger partial charge in [0.2, 0.25) is 0 Å². The highest BCUT2D eigenvalue weighted by Crippen LogP contribution is 2.19. The van der Waals surface area contributed by atoms with Crippen molar-refractivity contribution in [1.82, 2.24) is 0 Å². The van der Waals surface area contributed by atoms with Crippen molar-refractivity contribution in [2.24, 2.45) is 0 Å². The highest BCUT2D eigenvalue weighted by atomic mass is 16.4. The zero-order chi connectivity index (χ0) is 12.4. The van der Waals surface area contributed by atoms with Crippen molar-refractivity contribution in [1.29, 1.82) is 5.26 Å². The monoisotopic (exact) mass is 223 g/mol. The number of rotatable bonds is 8. The molecule has 0 unspecified atom stereocenters. The lowest BCUT2D eigenvalue weighted by Crippen LogP contribution is -2.03. The van der Waals surface area contributed by atoms with Gasteiger partial charge in [-0.3, -0.25) is 0 Å². The number of allylic oxidation sites excluding steroid dienone is 1. The van der Waals surface area contributed by atoms with E-state index in [2.05, 4.69) is 13.8 Å². The molecule has 0 radical (unpaired) electrons. The molecule has 0 aliphatic rings. The van der Waals surface area contributed by atoms with Gasteiger partial charge in [0.15, 0.2) is 0 Å². The summed E-state index contributed by atoms with van der Waals surface area (Å²) in [7, 11) is 0. The average molecular weight is 223 g/mol. The third kappa shape index (κ3) is 5.55. The molecular weight excluding hydrogens is 202 g/mol. The number of nitrogens with zero attached hydrogens (tertiary/aromatic N) is 1. The summed E-state index contributed by atoms with van der Waals surface area (Å²) in [5.41, 5.74) is 0.787. The highest BCUT2D eigenvalue weighted by molar-refractivity contribution is 5.92. The summed E-state index contributed by atoms with van der Waals surface area (Å²) >= 11 is 0. The number of carbonyl (C=O) groups is 1. The molecule has 0 fully saturated rings. The fourth-order valence-corrected chi connectivity index (χ4v) is 1.63. The van der Waals surface area contributed by atoms with Crippen LogP contribution in [0.2, 0.25) is 0 Å². The molecule has 0 rings (SSSR count). The van der Waals surface area contributed by atoms with Crippen molar-refractivity contribution < 1.29 is 9.90 Å². The van der Waals surface area contributed by atoms with E-state index < -0.39 is 5.97 Å². The maximum Gasteiger partial charge on any atom is 0.346 e. The highest BCUT2D eigenvalue weighted by Gasteiger charge is 2.13. The second-order valence-electron chi connectivity index (χ2n) is 3.96. The topological polar surface area (TPSA) is 61.1 Å². The first-order valence-electron chi connectivity index (χ1n) is 6.02. The molecule has 0 saturated heterocycles. The Hall–Kier alpha value is -1.30. The fourth-order valence-electron chi connectivity index (χ4n) is 1.63. The molecule has 0 aromatic heterocycles. The van der Waals surface area contributed by atoms with E-state index in [4.69, 9.17) is 10.4 Å². The first-order chi connectivity index (χ1) is 7.67. The summed E-state index contributed by atoms with van der Waals surface area (Å²) < 4.78 is 0. The van der Waals surface area contributed by atoms with Crippen LogP contribution in [0.15, 0.2) is 11.1 Å². The molecule has 3 nitrogen and oxygen atoms in total. The number of hydrogen-bond acceptors (Lipinski definition) is 2. The van der Waals surface area contributed by atoms with Crippen LogP contribution in [0.25, 0.3) is 0 Å². The predicted octanol–water partition coefficient (Wildman–Crippen LogP) is 3.66. The Morgan fingerprint density at radius 2 is 1.69 bits per heavy atom. The second-order valence-corrected chi connectivity index (χ2v) is 3.96. The predicted molar refractivity (Wildman–Crippen MR) is 63.9 cm³/mol. The van der Waals surface area contributed by atoms with Crippen LogP contribution < -0.4 is 0 Å². The Bertz CT molecular complexity index is 287. The third-order valence-electron chi connectivity index (χ3n) is 2.59. The molecule has 0 atom stereocenters. The summed E-state index contributed by atoms with van der Waals surface area (Å²) in [6.45, 7) is 4.17. The van der Waals surface area contributed by atoms with Crippen LogP contribution in [0.1, 0.15) is 58.8 Å². The maximum atomic E-state index is 10.9. The Morgan fingerprint density at radius 1 is 1.12 bits per heavy atom. The molecule has 3 heteroatoms. The number of aliphatic carboxylic acids is 1. The number of hydrogen-bond donors (Lipinski definition) is 1. The van der Waals surface area contributed by atoms with Gasteiger partial charge in [-0.15, -0.1) is 0 Å². The van der Waals surface area contributed by atoms with E-state index in [0.717, 1.165) is 50.5 Å². The number of carboxylic acids is 1. The Kier molecular flexibility index (Phi) is 8.24. The molecule has 0 aromatic rings. The Labute approximate surface area is 97.8 Å².